The van der Waals surface area contributed by atoms with Crippen LogP contribution in [0, 0.1) is 0 Å². The first-order valence-corrected chi connectivity index (χ1v) is 5.99. The molecular weight excluding hydrogens is 260 g/mol. The van der Waals surface area contributed by atoms with Gasteiger partial charge in [0.1, 0.15) is 0 Å². The molecule has 0 aliphatic carbocycles. The molecule has 0 spiro atoms. The third-order valence-electron chi connectivity index (χ3n) is 2.15. The molecule has 0 saturated heterocycles. The van der Waals surface area contributed by atoms with E-state index in [1.807, 2.05) is 0 Å². The predicted molar refractivity (Wildman–Crippen MR) is 67.0 cm³/mol. The highest BCUT2D eigenvalue weighted by Gasteiger charge is 2.00. The molecule has 1 rings (SSSR count). The highest BCUT2D eigenvalue weighted by Crippen LogP contribution is 1.93. The van der Waals surface area contributed by atoms with Crippen molar-refractivity contribution in [1.82, 2.24) is 9.55 Å². The summed E-state index contributed by atoms with van der Waals surface area (Å²) in [5.74, 6) is 0. The van der Waals surface area contributed by atoms with Crippen molar-refractivity contribution >= 4 is 11.6 Å². The lowest BCUT2D eigenvalue weighted by Crippen LogP contribution is -2.23. The van der Waals surface area contributed by atoms with E-state index in [2.05, 4.69) is 4.98 Å². The fourth-order valence-corrected chi connectivity index (χ4v) is 1.39. The number of halogens is 1. The van der Waals surface area contributed by atoms with Gasteiger partial charge in [-0.05, 0) is 0 Å². The van der Waals surface area contributed by atoms with Gasteiger partial charge in [0.2, 0.25) is 0 Å². The molecule has 0 aliphatic heterocycles. The van der Waals surface area contributed by atoms with Gasteiger partial charge < -0.3 is 18.8 Å². The largest absolute Gasteiger partial charge is 0.382 e. The molecule has 7 heteroatoms. The highest BCUT2D eigenvalue weighted by molar-refractivity contribution is 6.29. The number of nitrogens with zero attached hydrogens (tertiary/aromatic N) is 2. The standard InChI is InChI=1S/C11H17ClN2O4/c1-16-6-7-18-9-8-17-5-4-14-3-2-13-10(12)11(14)15/h2-3H,4-9H2,1H3. The Labute approximate surface area is 110 Å². The van der Waals surface area contributed by atoms with Crippen LogP contribution in [0.15, 0.2) is 17.2 Å². The topological polar surface area (TPSA) is 62.6 Å². The monoisotopic (exact) mass is 276 g/mol. The molecule has 6 nitrogen and oxygen atoms in total. The summed E-state index contributed by atoms with van der Waals surface area (Å²) in [6.45, 7) is 2.99. The summed E-state index contributed by atoms with van der Waals surface area (Å²) in [6, 6.07) is 0. The minimum Gasteiger partial charge on any atom is -0.382 e. The van der Waals surface area contributed by atoms with Crippen LogP contribution in [-0.2, 0) is 20.8 Å². The molecule has 102 valence electrons. The van der Waals surface area contributed by atoms with Crippen LogP contribution >= 0.6 is 11.6 Å². The summed E-state index contributed by atoms with van der Waals surface area (Å²) in [4.78, 5) is 15.2. The molecule has 1 heterocycles. The molecule has 0 saturated carbocycles. The summed E-state index contributed by atoms with van der Waals surface area (Å²) >= 11 is 5.61. The molecule has 18 heavy (non-hydrogen) atoms. The molecule has 0 N–H and O–H groups in total. The number of methoxy groups -OCH3 is 1. The van der Waals surface area contributed by atoms with Crippen molar-refractivity contribution in [3.8, 4) is 0 Å². The Kier molecular flexibility index (Phi) is 7.59. The first kappa shape index (κ1) is 15.1. The van der Waals surface area contributed by atoms with Crippen LogP contribution in [0.3, 0.4) is 0 Å². The second-order valence-electron chi connectivity index (χ2n) is 3.43. The average Bonchev–Trinajstić information content (AvgIpc) is 2.37. The van der Waals surface area contributed by atoms with Crippen molar-refractivity contribution in [1.29, 1.82) is 0 Å². The predicted octanol–water partition coefficient (Wildman–Crippen LogP) is 0.576. The number of rotatable bonds is 9. The molecule has 0 aliphatic rings. The van der Waals surface area contributed by atoms with Crippen molar-refractivity contribution in [2.75, 3.05) is 40.1 Å². The van der Waals surface area contributed by atoms with E-state index in [4.69, 9.17) is 25.8 Å². The van der Waals surface area contributed by atoms with E-state index in [1.54, 1.807) is 13.3 Å². The Morgan fingerprint density at radius 2 is 1.89 bits per heavy atom. The van der Waals surface area contributed by atoms with Gasteiger partial charge in [-0.3, -0.25) is 4.79 Å². The zero-order chi connectivity index (χ0) is 13.2. The van der Waals surface area contributed by atoms with E-state index in [1.165, 1.54) is 10.8 Å². The van der Waals surface area contributed by atoms with Crippen LogP contribution in [-0.4, -0.2) is 49.7 Å². The van der Waals surface area contributed by atoms with Gasteiger partial charge in [-0.25, -0.2) is 4.98 Å². The zero-order valence-electron chi connectivity index (χ0n) is 10.3. The quantitative estimate of drug-likeness (QED) is 0.617. The number of ether oxygens (including phenoxy) is 3. The van der Waals surface area contributed by atoms with Crippen LogP contribution in [0.25, 0.3) is 0 Å². The van der Waals surface area contributed by atoms with Gasteiger partial charge in [-0.2, -0.15) is 0 Å². The van der Waals surface area contributed by atoms with E-state index in [0.29, 0.717) is 39.6 Å². The SMILES string of the molecule is COCCOCCOCCn1ccnc(Cl)c1=O. The highest BCUT2D eigenvalue weighted by atomic mass is 35.5. The third-order valence-corrected chi connectivity index (χ3v) is 2.41. The van der Waals surface area contributed by atoms with Crippen molar-refractivity contribution < 1.29 is 14.2 Å². The lowest BCUT2D eigenvalue weighted by atomic mass is 10.6. The molecule has 0 unspecified atom stereocenters. The van der Waals surface area contributed by atoms with Gasteiger partial charge in [0.05, 0.1) is 33.0 Å². The maximum absolute atomic E-state index is 11.5. The second-order valence-corrected chi connectivity index (χ2v) is 3.79. The smallest absolute Gasteiger partial charge is 0.288 e. The fraction of sp³-hybridized carbons (Fsp3) is 0.636. The molecule has 0 amide bonds. The lowest BCUT2D eigenvalue weighted by Gasteiger charge is -2.07. The maximum atomic E-state index is 11.5. The van der Waals surface area contributed by atoms with Crippen molar-refractivity contribution in [2.24, 2.45) is 0 Å². The second kappa shape index (κ2) is 9.04. The number of aromatic nitrogens is 2. The summed E-state index contributed by atoms with van der Waals surface area (Å²) in [7, 11) is 1.62. The number of hydrogen-bond donors (Lipinski definition) is 0. The van der Waals surface area contributed by atoms with Crippen molar-refractivity contribution in [2.45, 2.75) is 6.54 Å². The molecule has 0 atom stereocenters. The summed E-state index contributed by atoms with van der Waals surface area (Å²) in [5.41, 5.74) is -0.306. The van der Waals surface area contributed by atoms with E-state index in [0.717, 1.165) is 0 Å². The van der Waals surface area contributed by atoms with Crippen LogP contribution in [0.1, 0.15) is 0 Å². The Morgan fingerprint density at radius 1 is 1.22 bits per heavy atom. The summed E-state index contributed by atoms with van der Waals surface area (Å²) < 4.78 is 16.8. The Bertz CT molecular complexity index is 397. The normalized spacial score (nSPS) is 10.8. The number of hydrogen-bond acceptors (Lipinski definition) is 5. The van der Waals surface area contributed by atoms with Gasteiger partial charge in [-0.1, -0.05) is 11.6 Å². The van der Waals surface area contributed by atoms with E-state index >= 15 is 0 Å². The first-order chi connectivity index (χ1) is 8.75. The summed E-state index contributed by atoms with van der Waals surface area (Å²) in [6.07, 6.45) is 3.06. The minimum atomic E-state index is -0.306. The van der Waals surface area contributed by atoms with Gasteiger partial charge in [0.25, 0.3) is 5.56 Å². The average molecular weight is 277 g/mol. The minimum absolute atomic E-state index is 0.0274. The van der Waals surface area contributed by atoms with Crippen molar-refractivity contribution in [3.63, 3.8) is 0 Å². The third kappa shape index (κ3) is 5.59. The summed E-state index contributed by atoms with van der Waals surface area (Å²) in [5, 5.41) is -0.0274. The van der Waals surface area contributed by atoms with Crippen molar-refractivity contribution in [3.05, 3.63) is 27.9 Å². The Hall–Kier alpha value is -0.950. The van der Waals surface area contributed by atoms with Gasteiger partial charge in [0, 0.05) is 26.0 Å². The molecule has 1 aromatic rings. The van der Waals surface area contributed by atoms with Gasteiger partial charge in [-0.15, -0.1) is 0 Å². The van der Waals surface area contributed by atoms with Crippen LogP contribution in [0.4, 0.5) is 0 Å². The van der Waals surface area contributed by atoms with Gasteiger partial charge >= 0.3 is 0 Å². The fourth-order valence-electron chi connectivity index (χ4n) is 1.22. The Balaban J connectivity index is 2.11. The molecule has 0 bridgehead atoms. The first-order valence-electron chi connectivity index (χ1n) is 5.61. The molecule has 0 fully saturated rings. The van der Waals surface area contributed by atoms with Crippen LogP contribution in [0.2, 0.25) is 5.15 Å². The molecule has 0 radical (unpaired) electrons. The lowest BCUT2D eigenvalue weighted by molar-refractivity contribution is 0.0229. The van der Waals surface area contributed by atoms with Crippen LogP contribution in [0.5, 0.6) is 0 Å². The molecule has 1 aromatic heterocycles. The maximum Gasteiger partial charge on any atom is 0.288 e. The molecular formula is C11H17ClN2O4. The zero-order valence-corrected chi connectivity index (χ0v) is 11.1. The van der Waals surface area contributed by atoms with E-state index < -0.39 is 0 Å². The van der Waals surface area contributed by atoms with E-state index in [9.17, 15) is 4.79 Å². The van der Waals surface area contributed by atoms with Crippen LogP contribution < -0.4 is 5.56 Å². The van der Waals surface area contributed by atoms with Gasteiger partial charge in [0.15, 0.2) is 5.15 Å². The van der Waals surface area contributed by atoms with E-state index in [-0.39, 0.29) is 10.7 Å². The Morgan fingerprint density at radius 3 is 2.61 bits per heavy atom. The molecule has 0 aromatic carbocycles.